The summed E-state index contributed by atoms with van der Waals surface area (Å²) in [6.45, 7) is 0. The maximum absolute atomic E-state index is 5.80. The van der Waals surface area contributed by atoms with Gasteiger partial charge in [0.2, 0.25) is 6.20 Å². The minimum absolute atomic E-state index is 0.767. The first kappa shape index (κ1) is 7.03. The van der Waals surface area contributed by atoms with Crippen LogP contribution >= 0.6 is 0 Å². The molecule has 0 aliphatic rings. The summed E-state index contributed by atoms with van der Waals surface area (Å²) in [6, 6.07) is 7.83. The van der Waals surface area contributed by atoms with Crippen molar-refractivity contribution in [1.82, 2.24) is 5.10 Å². The van der Waals surface area contributed by atoms with Gasteiger partial charge in [-0.25, -0.2) is 0 Å². The Morgan fingerprint density at radius 2 is 2.08 bits per heavy atom. The molecule has 0 saturated heterocycles. The summed E-state index contributed by atoms with van der Waals surface area (Å²) in [5.41, 5.74) is 7.49. The molecule has 0 fully saturated rings. The zero-order chi connectivity index (χ0) is 8.55. The standard InChI is InChI=1S/C9H10N3/c1-12-6-8(10)7-4-2-3-5-9(7)11-12/h2-6H,1H3,(H2,10,11)/q+1. The van der Waals surface area contributed by atoms with Gasteiger partial charge >= 0.3 is 0 Å². The molecule has 0 amide bonds. The number of hydrogen-bond acceptors (Lipinski definition) is 2. The largest absolute Gasteiger partial charge is 0.393 e. The lowest BCUT2D eigenvalue weighted by molar-refractivity contribution is -0.727. The first-order valence-electron chi connectivity index (χ1n) is 3.78. The second kappa shape index (κ2) is 2.44. The molecule has 2 aromatic rings. The van der Waals surface area contributed by atoms with E-state index in [1.54, 1.807) is 4.68 Å². The van der Waals surface area contributed by atoms with Crippen LogP contribution < -0.4 is 10.4 Å². The van der Waals surface area contributed by atoms with E-state index >= 15 is 0 Å². The van der Waals surface area contributed by atoms with Gasteiger partial charge in [-0.1, -0.05) is 22.9 Å². The van der Waals surface area contributed by atoms with Crippen LogP contribution in [0.1, 0.15) is 0 Å². The van der Waals surface area contributed by atoms with Crippen LogP contribution in [0, 0.1) is 0 Å². The number of nitrogen functional groups attached to an aromatic ring is 1. The van der Waals surface area contributed by atoms with Crippen molar-refractivity contribution in [3.63, 3.8) is 0 Å². The second-order valence-electron chi connectivity index (χ2n) is 2.78. The minimum Gasteiger partial charge on any atom is -0.393 e. The van der Waals surface area contributed by atoms with E-state index in [1.165, 1.54) is 0 Å². The molecule has 3 nitrogen and oxygen atoms in total. The Kier molecular flexibility index (Phi) is 1.43. The first-order chi connectivity index (χ1) is 5.77. The number of fused-ring (bicyclic) bond motifs is 1. The van der Waals surface area contributed by atoms with E-state index < -0.39 is 0 Å². The average molecular weight is 160 g/mol. The Labute approximate surface area is 70.4 Å². The molecule has 0 aliphatic heterocycles. The summed E-state index contributed by atoms with van der Waals surface area (Å²) in [4.78, 5) is 0. The first-order valence-corrected chi connectivity index (χ1v) is 3.78. The van der Waals surface area contributed by atoms with Crippen molar-refractivity contribution in [3.05, 3.63) is 30.5 Å². The Bertz CT molecular complexity index is 423. The zero-order valence-electron chi connectivity index (χ0n) is 6.86. The zero-order valence-corrected chi connectivity index (χ0v) is 6.86. The van der Waals surface area contributed by atoms with Gasteiger partial charge in [0.15, 0.2) is 7.05 Å². The smallest absolute Gasteiger partial charge is 0.219 e. The summed E-state index contributed by atoms with van der Waals surface area (Å²) in [5.74, 6) is 0. The van der Waals surface area contributed by atoms with Crippen molar-refractivity contribution in [2.24, 2.45) is 7.05 Å². The van der Waals surface area contributed by atoms with Gasteiger partial charge < -0.3 is 5.73 Å². The third-order valence-electron chi connectivity index (χ3n) is 1.81. The Morgan fingerprint density at radius 1 is 1.33 bits per heavy atom. The number of aromatic nitrogens is 2. The van der Waals surface area contributed by atoms with Crippen LogP contribution in [-0.2, 0) is 7.05 Å². The maximum Gasteiger partial charge on any atom is 0.219 e. The highest BCUT2D eigenvalue weighted by molar-refractivity contribution is 5.88. The van der Waals surface area contributed by atoms with Crippen molar-refractivity contribution < 1.29 is 4.68 Å². The van der Waals surface area contributed by atoms with E-state index in [0.29, 0.717) is 0 Å². The lowest BCUT2D eigenvalue weighted by Gasteiger charge is -1.96. The summed E-state index contributed by atoms with van der Waals surface area (Å²) in [6.07, 6.45) is 1.81. The normalized spacial score (nSPS) is 10.4. The Hall–Kier alpha value is -1.64. The lowest BCUT2D eigenvalue weighted by atomic mass is 10.2. The van der Waals surface area contributed by atoms with Gasteiger partial charge in [-0.15, -0.1) is 0 Å². The molecule has 60 valence electrons. The number of aryl methyl sites for hydroxylation is 1. The lowest BCUT2D eigenvalue weighted by Crippen LogP contribution is -2.32. The molecule has 0 unspecified atom stereocenters. The average Bonchev–Trinajstić information content (AvgIpc) is 2.04. The van der Waals surface area contributed by atoms with Crippen LogP contribution in [0.25, 0.3) is 10.9 Å². The quantitative estimate of drug-likeness (QED) is 0.575. The summed E-state index contributed by atoms with van der Waals surface area (Å²) in [5, 5.41) is 5.28. The van der Waals surface area contributed by atoms with Gasteiger partial charge in [-0.05, 0) is 11.2 Å². The third kappa shape index (κ3) is 0.993. The Morgan fingerprint density at radius 3 is 2.92 bits per heavy atom. The van der Waals surface area contributed by atoms with E-state index in [4.69, 9.17) is 5.73 Å². The number of anilines is 1. The highest BCUT2D eigenvalue weighted by Crippen LogP contribution is 2.14. The minimum atomic E-state index is 0.767. The highest BCUT2D eigenvalue weighted by Gasteiger charge is 2.03. The summed E-state index contributed by atoms with van der Waals surface area (Å²) in [7, 11) is 1.86. The molecular formula is C9H10N3+. The third-order valence-corrected chi connectivity index (χ3v) is 1.81. The van der Waals surface area contributed by atoms with Gasteiger partial charge in [0, 0.05) is 5.39 Å². The predicted molar refractivity (Wildman–Crippen MR) is 47.3 cm³/mol. The molecule has 1 aromatic heterocycles. The number of nitrogens with two attached hydrogens (primary N) is 1. The van der Waals surface area contributed by atoms with Crippen molar-refractivity contribution >= 4 is 16.6 Å². The number of hydrogen-bond donors (Lipinski definition) is 1. The second-order valence-corrected chi connectivity index (χ2v) is 2.78. The molecule has 0 aliphatic carbocycles. The van der Waals surface area contributed by atoms with Crippen LogP contribution in [-0.4, -0.2) is 5.10 Å². The van der Waals surface area contributed by atoms with E-state index in [1.807, 2.05) is 37.5 Å². The molecule has 0 saturated carbocycles. The van der Waals surface area contributed by atoms with E-state index in [-0.39, 0.29) is 0 Å². The topological polar surface area (TPSA) is 42.8 Å². The number of nitrogens with zero attached hydrogens (tertiary/aromatic N) is 2. The number of rotatable bonds is 0. The molecule has 3 heteroatoms. The molecule has 2 N–H and O–H groups in total. The fourth-order valence-corrected chi connectivity index (χ4v) is 1.27. The fraction of sp³-hybridized carbons (Fsp3) is 0.111. The molecular weight excluding hydrogens is 150 g/mol. The SMILES string of the molecule is C[n+]1cc(N)c2ccccc2n1. The number of benzene rings is 1. The van der Waals surface area contributed by atoms with Crippen LogP contribution in [0.4, 0.5) is 5.69 Å². The molecule has 12 heavy (non-hydrogen) atoms. The van der Waals surface area contributed by atoms with Crippen LogP contribution in [0.15, 0.2) is 30.5 Å². The van der Waals surface area contributed by atoms with Gasteiger partial charge in [-0.2, -0.15) is 0 Å². The molecule has 0 radical (unpaired) electrons. The van der Waals surface area contributed by atoms with Crippen LogP contribution in [0.2, 0.25) is 0 Å². The van der Waals surface area contributed by atoms with E-state index in [0.717, 1.165) is 16.6 Å². The fourth-order valence-electron chi connectivity index (χ4n) is 1.27. The van der Waals surface area contributed by atoms with Crippen molar-refractivity contribution in [3.8, 4) is 0 Å². The molecule has 0 spiro atoms. The molecule has 1 aromatic carbocycles. The molecule has 0 atom stereocenters. The molecule has 2 rings (SSSR count). The van der Waals surface area contributed by atoms with Crippen LogP contribution in [0.3, 0.4) is 0 Å². The van der Waals surface area contributed by atoms with Gasteiger partial charge in [-0.3, -0.25) is 0 Å². The predicted octanol–water partition coefficient (Wildman–Crippen LogP) is 0.641. The Balaban J connectivity index is 2.89. The van der Waals surface area contributed by atoms with E-state index in [2.05, 4.69) is 5.10 Å². The van der Waals surface area contributed by atoms with Gasteiger partial charge in [0.1, 0.15) is 11.2 Å². The highest BCUT2D eigenvalue weighted by atomic mass is 15.2. The summed E-state index contributed by atoms with van der Waals surface area (Å²) < 4.78 is 1.72. The van der Waals surface area contributed by atoms with Gasteiger partial charge in [0.05, 0.1) is 0 Å². The monoisotopic (exact) mass is 160 g/mol. The van der Waals surface area contributed by atoms with Gasteiger partial charge in [0.25, 0.3) is 0 Å². The maximum atomic E-state index is 5.80. The van der Waals surface area contributed by atoms with Crippen LogP contribution in [0.5, 0.6) is 0 Å². The van der Waals surface area contributed by atoms with E-state index in [9.17, 15) is 0 Å². The van der Waals surface area contributed by atoms with Crippen molar-refractivity contribution in [2.45, 2.75) is 0 Å². The van der Waals surface area contributed by atoms with Crippen molar-refractivity contribution in [2.75, 3.05) is 5.73 Å². The van der Waals surface area contributed by atoms with Crippen molar-refractivity contribution in [1.29, 1.82) is 0 Å². The summed E-state index contributed by atoms with van der Waals surface area (Å²) >= 11 is 0. The molecule has 0 bridgehead atoms. The molecule has 1 heterocycles.